The molecule has 4 nitrogen and oxygen atoms in total. The molecule has 1 aromatic heterocycles. The van der Waals surface area contributed by atoms with E-state index in [1.165, 1.54) is 11.8 Å². The van der Waals surface area contributed by atoms with Crippen molar-refractivity contribution < 1.29 is 9.59 Å². The zero-order valence-electron chi connectivity index (χ0n) is 14.9. The number of anilines is 1. The normalized spacial score (nSPS) is 13.3. The third-order valence-corrected chi connectivity index (χ3v) is 6.56. The number of carbonyl (C=O) groups excluding carboxylic acids is 2. The molecule has 1 aliphatic rings. The zero-order valence-corrected chi connectivity index (χ0v) is 17.2. The van der Waals surface area contributed by atoms with Gasteiger partial charge in [-0.1, -0.05) is 29.8 Å². The van der Waals surface area contributed by atoms with Crippen molar-refractivity contribution in [2.75, 3.05) is 10.7 Å². The van der Waals surface area contributed by atoms with E-state index in [4.69, 9.17) is 11.6 Å². The van der Waals surface area contributed by atoms with E-state index in [1.807, 2.05) is 53.9 Å². The number of benzene rings is 2. The second-order valence-electron chi connectivity index (χ2n) is 6.34. The van der Waals surface area contributed by atoms with Crippen LogP contribution in [0.3, 0.4) is 0 Å². The van der Waals surface area contributed by atoms with Crippen molar-refractivity contribution in [1.29, 1.82) is 0 Å². The number of halogens is 1. The van der Waals surface area contributed by atoms with Gasteiger partial charge in [-0.2, -0.15) is 0 Å². The van der Waals surface area contributed by atoms with Gasteiger partial charge in [-0.05, 0) is 47.3 Å². The van der Waals surface area contributed by atoms with Gasteiger partial charge in [-0.25, -0.2) is 0 Å². The summed E-state index contributed by atoms with van der Waals surface area (Å²) in [5, 5.41) is 5.56. The van der Waals surface area contributed by atoms with Crippen molar-refractivity contribution in [2.24, 2.45) is 0 Å². The van der Waals surface area contributed by atoms with Gasteiger partial charge < -0.3 is 10.2 Å². The molecule has 7 heteroatoms. The number of hydrogen-bond donors (Lipinski definition) is 1. The van der Waals surface area contributed by atoms with Crippen LogP contribution in [0.15, 0.2) is 64.9 Å². The zero-order chi connectivity index (χ0) is 19.5. The predicted octanol–water partition coefficient (Wildman–Crippen LogP) is 4.97. The first-order chi connectivity index (χ1) is 13.6. The highest BCUT2D eigenvalue weighted by Crippen LogP contribution is 2.37. The van der Waals surface area contributed by atoms with Crippen LogP contribution in [-0.2, 0) is 17.9 Å². The molecule has 0 atom stereocenters. The fraction of sp³-hybridized carbons (Fsp3) is 0.143. The molecule has 0 spiro atoms. The minimum Gasteiger partial charge on any atom is -0.347 e. The summed E-state index contributed by atoms with van der Waals surface area (Å²) in [6, 6.07) is 16.9. The molecule has 3 aromatic rings. The minimum absolute atomic E-state index is 0.0219. The van der Waals surface area contributed by atoms with Crippen LogP contribution in [0.5, 0.6) is 0 Å². The Morgan fingerprint density at radius 1 is 1.14 bits per heavy atom. The van der Waals surface area contributed by atoms with Gasteiger partial charge >= 0.3 is 0 Å². The number of amides is 2. The molecule has 28 heavy (non-hydrogen) atoms. The molecular formula is C21H17ClN2O2S2. The molecule has 142 valence electrons. The first-order valence-corrected chi connectivity index (χ1v) is 11.0. The minimum atomic E-state index is -0.151. The number of fused-ring (bicyclic) bond motifs is 1. The van der Waals surface area contributed by atoms with E-state index in [0.717, 1.165) is 21.0 Å². The molecule has 1 N–H and O–H groups in total. The lowest BCUT2D eigenvalue weighted by Crippen LogP contribution is -2.35. The van der Waals surface area contributed by atoms with Gasteiger partial charge in [0.2, 0.25) is 5.91 Å². The third-order valence-electron chi connectivity index (χ3n) is 4.40. The molecule has 2 aromatic carbocycles. The van der Waals surface area contributed by atoms with Crippen LogP contribution in [-0.4, -0.2) is 17.6 Å². The highest BCUT2D eigenvalue weighted by molar-refractivity contribution is 8.00. The summed E-state index contributed by atoms with van der Waals surface area (Å²) >= 11 is 9.19. The molecule has 0 fully saturated rings. The lowest BCUT2D eigenvalue weighted by Gasteiger charge is -2.29. The molecular weight excluding hydrogens is 412 g/mol. The maximum Gasteiger partial charge on any atom is 0.251 e. The predicted molar refractivity (Wildman–Crippen MR) is 115 cm³/mol. The van der Waals surface area contributed by atoms with Crippen molar-refractivity contribution in [3.63, 3.8) is 0 Å². The quantitative estimate of drug-likeness (QED) is 0.624. The first kappa shape index (κ1) is 19.1. The Bertz CT molecular complexity index is 1020. The highest BCUT2D eigenvalue weighted by atomic mass is 35.5. The number of nitrogens with one attached hydrogen (secondary N) is 1. The van der Waals surface area contributed by atoms with Crippen molar-refractivity contribution in [2.45, 2.75) is 18.0 Å². The molecule has 0 saturated heterocycles. The highest BCUT2D eigenvalue weighted by Gasteiger charge is 2.26. The average molecular weight is 429 g/mol. The van der Waals surface area contributed by atoms with Crippen LogP contribution in [0.4, 0.5) is 5.69 Å². The molecule has 0 saturated carbocycles. The fourth-order valence-electron chi connectivity index (χ4n) is 3.02. The summed E-state index contributed by atoms with van der Waals surface area (Å²) in [6.45, 7) is 0.917. The SMILES string of the molecule is O=C(NCc1cccs1)c1ccc2c(c1)N(Cc1cccc(Cl)c1)C(=O)CS2. The summed E-state index contributed by atoms with van der Waals surface area (Å²) in [6.07, 6.45) is 0. The van der Waals surface area contributed by atoms with Crippen LogP contribution < -0.4 is 10.2 Å². The van der Waals surface area contributed by atoms with E-state index in [0.29, 0.717) is 29.4 Å². The van der Waals surface area contributed by atoms with E-state index < -0.39 is 0 Å². The van der Waals surface area contributed by atoms with Crippen LogP contribution in [0.1, 0.15) is 20.8 Å². The van der Waals surface area contributed by atoms with Gasteiger partial charge in [0.15, 0.2) is 0 Å². The summed E-state index contributed by atoms with van der Waals surface area (Å²) in [5.41, 5.74) is 2.26. The molecule has 0 aliphatic carbocycles. The Morgan fingerprint density at radius 2 is 2.04 bits per heavy atom. The van der Waals surface area contributed by atoms with E-state index in [9.17, 15) is 9.59 Å². The number of rotatable bonds is 5. The average Bonchev–Trinajstić information content (AvgIpc) is 3.22. The Kier molecular flexibility index (Phi) is 5.71. The Balaban J connectivity index is 1.57. The maximum atomic E-state index is 12.6. The Labute approximate surface area is 176 Å². The van der Waals surface area contributed by atoms with Gasteiger partial charge in [-0.3, -0.25) is 9.59 Å². The van der Waals surface area contributed by atoms with E-state index >= 15 is 0 Å². The molecule has 1 aliphatic heterocycles. The standard InChI is InChI=1S/C21H17ClN2O2S2/c22-16-4-1-3-14(9-16)12-24-18-10-15(6-7-19(18)28-13-20(24)25)21(26)23-11-17-5-2-8-27-17/h1-10H,11-13H2,(H,23,26). The van der Waals surface area contributed by atoms with Gasteiger partial charge in [0.25, 0.3) is 5.91 Å². The topological polar surface area (TPSA) is 49.4 Å². The Morgan fingerprint density at radius 3 is 2.82 bits per heavy atom. The van der Waals surface area contributed by atoms with Gasteiger partial charge in [0, 0.05) is 20.4 Å². The monoisotopic (exact) mass is 428 g/mol. The third kappa shape index (κ3) is 4.24. The van der Waals surface area contributed by atoms with Crippen LogP contribution in [0.2, 0.25) is 5.02 Å². The molecule has 0 bridgehead atoms. The molecule has 4 rings (SSSR count). The molecule has 0 radical (unpaired) electrons. The Hall–Kier alpha value is -2.28. The van der Waals surface area contributed by atoms with Crippen molar-refractivity contribution in [3.05, 3.63) is 81.0 Å². The summed E-state index contributed by atoms with van der Waals surface area (Å²) in [4.78, 5) is 29.0. The largest absolute Gasteiger partial charge is 0.347 e. The molecule has 2 amide bonds. The summed E-state index contributed by atoms with van der Waals surface area (Å²) in [5.74, 6) is 0.257. The van der Waals surface area contributed by atoms with E-state index in [1.54, 1.807) is 22.3 Å². The summed E-state index contributed by atoms with van der Waals surface area (Å²) in [7, 11) is 0. The van der Waals surface area contributed by atoms with Gasteiger partial charge in [0.1, 0.15) is 0 Å². The van der Waals surface area contributed by atoms with Crippen LogP contribution >= 0.6 is 34.7 Å². The van der Waals surface area contributed by atoms with Gasteiger partial charge in [0.05, 0.1) is 24.5 Å². The van der Waals surface area contributed by atoms with Crippen LogP contribution in [0, 0.1) is 0 Å². The van der Waals surface area contributed by atoms with E-state index in [-0.39, 0.29) is 11.8 Å². The fourth-order valence-corrected chi connectivity index (χ4v) is 4.79. The second kappa shape index (κ2) is 8.39. The second-order valence-corrected chi connectivity index (χ2v) is 8.83. The van der Waals surface area contributed by atoms with Crippen LogP contribution in [0.25, 0.3) is 0 Å². The van der Waals surface area contributed by atoms with Gasteiger partial charge in [-0.15, -0.1) is 23.1 Å². The first-order valence-electron chi connectivity index (χ1n) is 8.72. The van der Waals surface area contributed by atoms with Crippen molar-refractivity contribution in [3.8, 4) is 0 Å². The number of nitrogens with zero attached hydrogens (tertiary/aromatic N) is 1. The number of hydrogen-bond acceptors (Lipinski definition) is 4. The summed E-state index contributed by atoms with van der Waals surface area (Å²) < 4.78 is 0. The lowest BCUT2D eigenvalue weighted by atomic mass is 10.1. The number of thiophene rings is 1. The molecule has 0 unspecified atom stereocenters. The molecule has 2 heterocycles. The lowest BCUT2D eigenvalue weighted by molar-refractivity contribution is -0.116. The maximum absolute atomic E-state index is 12.6. The van der Waals surface area contributed by atoms with Crippen molar-refractivity contribution in [1.82, 2.24) is 5.32 Å². The number of carbonyl (C=O) groups is 2. The smallest absolute Gasteiger partial charge is 0.251 e. The number of thioether (sulfide) groups is 1. The van der Waals surface area contributed by atoms with Crippen molar-refractivity contribution >= 4 is 52.2 Å². The van der Waals surface area contributed by atoms with E-state index in [2.05, 4.69) is 5.32 Å².